The van der Waals surface area contributed by atoms with Gasteiger partial charge in [-0.15, -0.1) is 0 Å². The van der Waals surface area contributed by atoms with Gasteiger partial charge in [0, 0.05) is 28.5 Å². The first-order chi connectivity index (χ1) is 15.3. The highest BCUT2D eigenvalue weighted by Crippen LogP contribution is 2.30. The van der Waals surface area contributed by atoms with Crippen LogP contribution in [0.4, 0.5) is 21.5 Å². The minimum atomic E-state index is -3.87. The van der Waals surface area contributed by atoms with Crippen molar-refractivity contribution in [3.05, 3.63) is 84.2 Å². The van der Waals surface area contributed by atoms with Crippen molar-refractivity contribution in [3.63, 3.8) is 0 Å². The summed E-state index contributed by atoms with van der Waals surface area (Å²) >= 11 is 0. The Morgan fingerprint density at radius 1 is 0.750 bits per heavy atom. The van der Waals surface area contributed by atoms with E-state index in [1.165, 1.54) is 36.4 Å². The summed E-state index contributed by atoms with van der Waals surface area (Å²) in [5, 5.41) is 5.58. The topological polar surface area (TPSA) is 104 Å². The summed E-state index contributed by atoms with van der Waals surface area (Å²) in [6.07, 6.45) is 1.85. The molecule has 0 atom stereocenters. The number of hydrogen-bond acceptors (Lipinski definition) is 4. The highest BCUT2D eigenvalue weighted by molar-refractivity contribution is 7.92. The fourth-order valence-electron chi connectivity index (χ4n) is 2.95. The normalized spacial score (nSPS) is 13.3. The standard InChI is InChI=1S/C23H20FN3O4S/c24-17-5-13-21(14-6-17)32(30,31)27-20-7-3-16(4-8-20)23(29)26-19-11-9-18(10-12-19)25-22(28)15-1-2-15/h3-15,27H,1-2H2,(H,25,28)(H,26,29). The van der Waals surface area contributed by atoms with Crippen molar-refractivity contribution in [2.45, 2.75) is 17.7 Å². The van der Waals surface area contributed by atoms with Crippen LogP contribution in [0, 0.1) is 11.7 Å². The first-order valence-corrected chi connectivity index (χ1v) is 11.4. The number of anilines is 3. The summed E-state index contributed by atoms with van der Waals surface area (Å²) < 4.78 is 40.1. The Bertz CT molecular complexity index is 1240. The number of carbonyl (C=O) groups is 2. The van der Waals surface area contributed by atoms with E-state index in [9.17, 15) is 22.4 Å². The third kappa shape index (κ3) is 5.30. The molecule has 2 amide bonds. The molecule has 0 saturated heterocycles. The Morgan fingerprint density at radius 3 is 1.84 bits per heavy atom. The summed E-state index contributed by atoms with van der Waals surface area (Å²) in [6.45, 7) is 0. The van der Waals surface area contributed by atoms with E-state index in [0.717, 1.165) is 25.0 Å². The molecule has 3 aromatic rings. The second kappa shape index (κ2) is 8.80. The van der Waals surface area contributed by atoms with Gasteiger partial charge in [0.25, 0.3) is 15.9 Å². The van der Waals surface area contributed by atoms with Crippen LogP contribution in [0.2, 0.25) is 0 Å². The molecule has 32 heavy (non-hydrogen) atoms. The lowest BCUT2D eigenvalue weighted by molar-refractivity contribution is -0.117. The lowest BCUT2D eigenvalue weighted by Gasteiger charge is -2.10. The molecule has 1 fully saturated rings. The van der Waals surface area contributed by atoms with Crippen molar-refractivity contribution in [3.8, 4) is 0 Å². The van der Waals surface area contributed by atoms with Crippen molar-refractivity contribution >= 4 is 38.9 Å². The van der Waals surface area contributed by atoms with Crippen molar-refractivity contribution in [2.24, 2.45) is 5.92 Å². The molecule has 0 unspecified atom stereocenters. The molecule has 0 bridgehead atoms. The predicted octanol–water partition coefficient (Wildman–Crippen LogP) is 4.23. The summed E-state index contributed by atoms with van der Waals surface area (Å²) in [5.74, 6) is -0.779. The van der Waals surface area contributed by atoms with E-state index in [-0.39, 0.29) is 28.3 Å². The molecule has 1 aliphatic rings. The second-order valence-electron chi connectivity index (χ2n) is 7.43. The van der Waals surface area contributed by atoms with E-state index in [4.69, 9.17) is 0 Å². The molecule has 1 aliphatic carbocycles. The zero-order valence-corrected chi connectivity index (χ0v) is 17.7. The van der Waals surface area contributed by atoms with Gasteiger partial charge in [0.2, 0.25) is 5.91 Å². The molecule has 0 aliphatic heterocycles. The molecule has 3 aromatic carbocycles. The van der Waals surface area contributed by atoms with Gasteiger partial charge < -0.3 is 10.6 Å². The van der Waals surface area contributed by atoms with E-state index in [1.807, 2.05) is 0 Å². The van der Waals surface area contributed by atoms with Crippen molar-refractivity contribution in [2.75, 3.05) is 15.4 Å². The smallest absolute Gasteiger partial charge is 0.261 e. The number of carbonyl (C=O) groups excluding carboxylic acids is 2. The van der Waals surface area contributed by atoms with E-state index >= 15 is 0 Å². The molecule has 0 spiro atoms. The van der Waals surface area contributed by atoms with Gasteiger partial charge >= 0.3 is 0 Å². The molecule has 9 heteroatoms. The van der Waals surface area contributed by atoms with Crippen molar-refractivity contribution in [1.82, 2.24) is 0 Å². The van der Waals surface area contributed by atoms with E-state index in [1.54, 1.807) is 24.3 Å². The van der Waals surface area contributed by atoms with Crippen molar-refractivity contribution < 1.29 is 22.4 Å². The zero-order chi connectivity index (χ0) is 22.7. The number of hydrogen-bond donors (Lipinski definition) is 3. The van der Waals surface area contributed by atoms with Crippen LogP contribution in [0.3, 0.4) is 0 Å². The monoisotopic (exact) mass is 453 g/mol. The summed E-state index contributed by atoms with van der Waals surface area (Å²) in [5.41, 5.74) is 1.82. The molecule has 4 rings (SSSR count). The third-order valence-electron chi connectivity index (χ3n) is 4.88. The lowest BCUT2D eigenvalue weighted by atomic mass is 10.2. The Hall–Kier alpha value is -3.72. The minimum absolute atomic E-state index is 0.0110. The number of halogens is 1. The van der Waals surface area contributed by atoms with Crippen LogP contribution >= 0.6 is 0 Å². The predicted molar refractivity (Wildman–Crippen MR) is 119 cm³/mol. The van der Waals surface area contributed by atoms with Crippen LogP contribution in [0.5, 0.6) is 0 Å². The fourth-order valence-corrected chi connectivity index (χ4v) is 4.01. The zero-order valence-electron chi connectivity index (χ0n) is 16.8. The van der Waals surface area contributed by atoms with Gasteiger partial charge in [-0.3, -0.25) is 14.3 Å². The number of benzene rings is 3. The Balaban J connectivity index is 1.36. The van der Waals surface area contributed by atoms with Crippen LogP contribution in [-0.2, 0) is 14.8 Å². The Labute approximate surface area is 184 Å². The summed E-state index contributed by atoms with van der Waals surface area (Å²) in [6, 6.07) is 17.2. The van der Waals surface area contributed by atoms with Crippen LogP contribution in [-0.4, -0.2) is 20.2 Å². The minimum Gasteiger partial charge on any atom is -0.326 e. The average molecular weight is 453 g/mol. The molecule has 164 valence electrons. The number of sulfonamides is 1. The number of rotatable bonds is 7. The largest absolute Gasteiger partial charge is 0.326 e. The van der Waals surface area contributed by atoms with Gasteiger partial charge in [0.15, 0.2) is 0 Å². The first-order valence-electron chi connectivity index (χ1n) is 9.91. The molecule has 0 radical (unpaired) electrons. The third-order valence-corrected chi connectivity index (χ3v) is 6.28. The number of amides is 2. The second-order valence-corrected chi connectivity index (χ2v) is 9.11. The van der Waals surface area contributed by atoms with Gasteiger partial charge in [0.1, 0.15) is 5.82 Å². The van der Waals surface area contributed by atoms with E-state index in [0.29, 0.717) is 16.9 Å². The van der Waals surface area contributed by atoms with Crippen LogP contribution < -0.4 is 15.4 Å². The summed E-state index contributed by atoms with van der Waals surface area (Å²) in [7, 11) is -3.87. The van der Waals surface area contributed by atoms with Gasteiger partial charge in [0.05, 0.1) is 4.90 Å². The summed E-state index contributed by atoms with van der Waals surface area (Å²) in [4.78, 5) is 24.2. The SMILES string of the molecule is O=C(Nc1ccc(NC(=O)C2CC2)cc1)c1ccc(NS(=O)(=O)c2ccc(F)cc2)cc1. The lowest BCUT2D eigenvalue weighted by Crippen LogP contribution is -2.15. The number of nitrogens with one attached hydrogen (secondary N) is 3. The molecule has 7 nitrogen and oxygen atoms in total. The van der Waals surface area contributed by atoms with Crippen LogP contribution in [0.1, 0.15) is 23.2 Å². The van der Waals surface area contributed by atoms with Gasteiger partial charge in [-0.2, -0.15) is 0 Å². The Kier molecular flexibility index (Phi) is 5.91. The van der Waals surface area contributed by atoms with E-state index < -0.39 is 15.8 Å². The quantitative estimate of drug-likeness (QED) is 0.498. The van der Waals surface area contributed by atoms with Crippen LogP contribution in [0.15, 0.2) is 77.7 Å². The van der Waals surface area contributed by atoms with Gasteiger partial charge in [-0.05, 0) is 85.6 Å². The maximum Gasteiger partial charge on any atom is 0.261 e. The fraction of sp³-hybridized carbons (Fsp3) is 0.130. The molecular formula is C23H20FN3O4S. The molecular weight excluding hydrogens is 433 g/mol. The van der Waals surface area contributed by atoms with Crippen molar-refractivity contribution in [1.29, 1.82) is 0 Å². The molecule has 0 aromatic heterocycles. The average Bonchev–Trinajstić information content (AvgIpc) is 3.61. The maximum absolute atomic E-state index is 13.0. The highest BCUT2D eigenvalue weighted by Gasteiger charge is 2.29. The first kappa shape index (κ1) is 21.5. The molecule has 1 saturated carbocycles. The highest BCUT2D eigenvalue weighted by atomic mass is 32.2. The maximum atomic E-state index is 13.0. The van der Waals surface area contributed by atoms with Gasteiger partial charge in [-0.25, -0.2) is 12.8 Å². The molecule has 3 N–H and O–H groups in total. The Morgan fingerprint density at radius 2 is 1.28 bits per heavy atom. The molecule has 0 heterocycles. The van der Waals surface area contributed by atoms with Gasteiger partial charge in [-0.1, -0.05) is 0 Å². The van der Waals surface area contributed by atoms with E-state index in [2.05, 4.69) is 15.4 Å². The van der Waals surface area contributed by atoms with Crippen LogP contribution in [0.25, 0.3) is 0 Å².